The Morgan fingerprint density at radius 2 is 2.24 bits per heavy atom. The number of hydrogen-bond donors (Lipinski definition) is 3. The van der Waals surface area contributed by atoms with Crippen LogP contribution in [0.1, 0.15) is 26.7 Å². The molecule has 2 rings (SSSR count). The normalized spacial score (nSPS) is 21.3. The molecule has 1 saturated heterocycles. The summed E-state index contributed by atoms with van der Waals surface area (Å²) in [7, 11) is -3.54. The standard InChI is InChI=1S/C16H27N5O3S/c1-3-18-15(20-13-16(2)7-5-11-24-16)19-9-10-21-25(22,23)14-6-4-8-17-12-14/h4,6,8,12,21H,3,5,7,9-11,13H2,1-2H3,(H2,18,19,20). The summed E-state index contributed by atoms with van der Waals surface area (Å²) >= 11 is 0. The number of hydrogen-bond acceptors (Lipinski definition) is 5. The van der Waals surface area contributed by atoms with E-state index in [0.717, 1.165) is 26.0 Å². The van der Waals surface area contributed by atoms with Gasteiger partial charge in [-0.05, 0) is 38.8 Å². The summed E-state index contributed by atoms with van der Waals surface area (Å²) in [5, 5.41) is 6.28. The van der Waals surface area contributed by atoms with E-state index in [1.807, 2.05) is 6.92 Å². The number of nitrogens with zero attached hydrogens (tertiary/aromatic N) is 2. The molecule has 9 heteroatoms. The third-order valence-corrected chi connectivity index (χ3v) is 5.32. The molecule has 0 amide bonds. The molecule has 25 heavy (non-hydrogen) atoms. The number of ether oxygens (including phenoxy) is 1. The van der Waals surface area contributed by atoms with Gasteiger partial charge in [0.15, 0.2) is 5.96 Å². The monoisotopic (exact) mass is 369 g/mol. The van der Waals surface area contributed by atoms with Gasteiger partial charge in [0.25, 0.3) is 0 Å². The van der Waals surface area contributed by atoms with Gasteiger partial charge < -0.3 is 15.4 Å². The Morgan fingerprint density at radius 3 is 2.88 bits per heavy atom. The van der Waals surface area contributed by atoms with E-state index < -0.39 is 10.0 Å². The van der Waals surface area contributed by atoms with Gasteiger partial charge in [-0.25, -0.2) is 13.1 Å². The number of pyridine rings is 1. The lowest BCUT2D eigenvalue weighted by molar-refractivity contribution is 0.0283. The van der Waals surface area contributed by atoms with Crippen LogP contribution in [0.25, 0.3) is 0 Å². The fraction of sp³-hybridized carbons (Fsp3) is 0.625. The fourth-order valence-corrected chi connectivity index (χ4v) is 3.50. The van der Waals surface area contributed by atoms with E-state index >= 15 is 0 Å². The SMILES string of the molecule is CCNC(=NCC1(C)CCCO1)NCCNS(=O)(=O)c1cccnc1. The second-order valence-corrected chi connectivity index (χ2v) is 7.88. The van der Waals surface area contributed by atoms with Crippen LogP contribution in [0.15, 0.2) is 34.4 Å². The molecule has 2 heterocycles. The summed E-state index contributed by atoms with van der Waals surface area (Å²) in [5.41, 5.74) is -0.204. The average Bonchev–Trinajstić information content (AvgIpc) is 3.04. The van der Waals surface area contributed by atoms with E-state index in [-0.39, 0.29) is 17.0 Å². The van der Waals surface area contributed by atoms with Crippen LogP contribution < -0.4 is 15.4 Å². The third-order valence-electron chi connectivity index (χ3n) is 3.87. The summed E-state index contributed by atoms with van der Waals surface area (Å²) in [6.45, 7) is 6.80. The molecule has 0 aliphatic carbocycles. The molecule has 140 valence electrons. The first-order valence-corrected chi connectivity index (χ1v) is 9.99. The molecule has 1 aromatic heterocycles. The summed E-state index contributed by atoms with van der Waals surface area (Å²) in [4.78, 5) is 8.52. The number of rotatable bonds is 8. The highest BCUT2D eigenvalue weighted by Gasteiger charge is 2.29. The minimum atomic E-state index is -3.54. The molecule has 1 aromatic rings. The van der Waals surface area contributed by atoms with E-state index in [1.54, 1.807) is 6.07 Å². The molecule has 0 saturated carbocycles. The molecule has 0 spiro atoms. The van der Waals surface area contributed by atoms with Crippen LogP contribution in [0.5, 0.6) is 0 Å². The second kappa shape index (κ2) is 9.12. The highest BCUT2D eigenvalue weighted by atomic mass is 32.2. The maximum absolute atomic E-state index is 12.1. The van der Waals surface area contributed by atoms with Gasteiger partial charge in [-0.1, -0.05) is 0 Å². The number of aromatic nitrogens is 1. The van der Waals surface area contributed by atoms with E-state index in [4.69, 9.17) is 4.74 Å². The van der Waals surface area contributed by atoms with Crippen molar-refractivity contribution in [1.29, 1.82) is 0 Å². The van der Waals surface area contributed by atoms with Gasteiger partial charge >= 0.3 is 0 Å². The number of guanidine groups is 1. The van der Waals surface area contributed by atoms with Gasteiger partial charge in [0.05, 0.1) is 12.1 Å². The maximum atomic E-state index is 12.1. The zero-order chi connectivity index (χ0) is 18.2. The molecule has 0 radical (unpaired) electrons. The smallest absolute Gasteiger partial charge is 0.242 e. The zero-order valence-corrected chi connectivity index (χ0v) is 15.6. The van der Waals surface area contributed by atoms with E-state index in [1.165, 1.54) is 18.5 Å². The Balaban J connectivity index is 1.81. The molecule has 0 bridgehead atoms. The van der Waals surface area contributed by atoms with Crippen molar-refractivity contribution in [3.8, 4) is 0 Å². The van der Waals surface area contributed by atoms with Crippen molar-refractivity contribution in [3.05, 3.63) is 24.5 Å². The molecule has 1 atom stereocenters. The van der Waals surface area contributed by atoms with Crippen molar-refractivity contribution in [2.24, 2.45) is 4.99 Å². The summed E-state index contributed by atoms with van der Waals surface area (Å²) in [6, 6.07) is 3.10. The van der Waals surface area contributed by atoms with Gasteiger partial charge in [-0.2, -0.15) is 0 Å². The molecule has 1 aliphatic heterocycles. The van der Waals surface area contributed by atoms with Gasteiger partial charge in [-0.15, -0.1) is 0 Å². The van der Waals surface area contributed by atoms with Crippen LogP contribution in [0.4, 0.5) is 0 Å². The van der Waals surface area contributed by atoms with Crippen LogP contribution >= 0.6 is 0 Å². The van der Waals surface area contributed by atoms with Crippen molar-refractivity contribution < 1.29 is 13.2 Å². The Bertz CT molecular complexity index is 658. The van der Waals surface area contributed by atoms with Crippen LogP contribution in [0, 0.1) is 0 Å². The second-order valence-electron chi connectivity index (χ2n) is 6.11. The van der Waals surface area contributed by atoms with Crippen molar-refractivity contribution in [2.75, 3.05) is 32.8 Å². The van der Waals surface area contributed by atoms with E-state index in [0.29, 0.717) is 19.0 Å². The van der Waals surface area contributed by atoms with Crippen LogP contribution in [0.3, 0.4) is 0 Å². The number of sulfonamides is 1. The van der Waals surface area contributed by atoms with Gasteiger partial charge in [0.1, 0.15) is 4.90 Å². The molecule has 1 aliphatic rings. The topological polar surface area (TPSA) is 105 Å². The summed E-state index contributed by atoms with van der Waals surface area (Å²) in [5.74, 6) is 0.653. The Hall–Kier alpha value is -1.71. The predicted octanol–water partition coefficient (Wildman–Crippen LogP) is 0.484. The molecule has 1 fully saturated rings. The highest BCUT2D eigenvalue weighted by molar-refractivity contribution is 7.89. The molecule has 3 N–H and O–H groups in total. The van der Waals surface area contributed by atoms with Gasteiger partial charge in [-0.3, -0.25) is 9.98 Å². The lowest BCUT2D eigenvalue weighted by Crippen LogP contribution is -2.42. The minimum absolute atomic E-state index is 0.155. The quantitative estimate of drug-likeness (QED) is 0.350. The Morgan fingerprint density at radius 1 is 1.40 bits per heavy atom. The van der Waals surface area contributed by atoms with Crippen LogP contribution in [-0.2, 0) is 14.8 Å². The zero-order valence-electron chi connectivity index (χ0n) is 14.8. The number of nitrogens with one attached hydrogen (secondary N) is 3. The molecular formula is C16H27N5O3S. The van der Waals surface area contributed by atoms with Crippen LogP contribution in [-0.4, -0.2) is 57.7 Å². The largest absolute Gasteiger partial charge is 0.373 e. The molecule has 1 unspecified atom stereocenters. The number of aliphatic imine (C=N–C) groups is 1. The maximum Gasteiger partial charge on any atom is 0.242 e. The van der Waals surface area contributed by atoms with E-state index in [2.05, 4.69) is 32.3 Å². The van der Waals surface area contributed by atoms with Crippen molar-refractivity contribution in [3.63, 3.8) is 0 Å². The Kier molecular flexibility index (Phi) is 7.15. The molecular weight excluding hydrogens is 342 g/mol. The first-order chi connectivity index (χ1) is 12.0. The minimum Gasteiger partial charge on any atom is -0.373 e. The fourth-order valence-electron chi connectivity index (χ4n) is 2.51. The lowest BCUT2D eigenvalue weighted by Gasteiger charge is -2.21. The van der Waals surface area contributed by atoms with Gasteiger partial charge in [0, 0.05) is 38.6 Å². The first-order valence-electron chi connectivity index (χ1n) is 8.51. The lowest BCUT2D eigenvalue weighted by atomic mass is 10.0. The van der Waals surface area contributed by atoms with Crippen molar-refractivity contribution >= 4 is 16.0 Å². The molecule has 0 aromatic carbocycles. The van der Waals surface area contributed by atoms with Crippen molar-refractivity contribution in [1.82, 2.24) is 20.3 Å². The predicted molar refractivity (Wildman–Crippen MR) is 97.0 cm³/mol. The summed E-state index contributed by atoms with van der Waals surface area (Å²) < 4.78 is 32.5. The Labute approximate surface area is 149 Å². The first kappa shape index (κ1) is 19.6. The van der Waals surface area contributed by atoms with Crippen molar-refractivity contribution in [2.45, 2.75) is 37.2 Å². The van der Waals surface area contributed by atoms with Crippen LogP contribution in [0.2, 0.25) is 0 Å². The molecule has 8 nitrogen and oxygen atoms in total. The van der Waals surface area contributed by atoms with Gasteiger partial charge in [0.2, 0.25) is 10.0 Å². The highest BCUT2D eigenvalue weighted by Crippen LogP contribution is 2.24. The third kappa shape index (κ3) is 6.26. The van der Waals surface area contributed by atoms with E-state index in [9.17, 15) is 8.42 Å². The average molecular weight is 369 g/mol. The summed E-state index contributed by atoms with van der Waals surface area (Å²) in [6.07, 6.45) is 4.92.